The first kappa shape index (κ1) is 21.0. The zero-order chi connectivity index (χ0) is 22.2. The van der Waals surface area contributed by atoms with E-state index in [4.69, 9.17) is 4.74 Å². The summed E-state index contributed by atoms with van der Waals surface area (Å²) >= 11 is 1.26. The Morgan fingerprint density at radius 3 is 2.68 bits per heavy atom. The first-order chi connectivity index (χ1) is 14.8. The van der Waals surface area contributed by atoms with Crippen molar-refractivity contribution in [3.63, 3.8) is 0 Å². The van der Waals surface area contributed by atoms with Gasteiger partial charge >= 0.3 is 0 Å². The van der Waals surface area contributed by atoms with Gasteiger partial charge in [-0.25, -0.2) is 4.98 Å². The van der Waals surface area contributed by atoms with Gasteiger partial charge in [0.2, 0.25) is 0 Å². The van der Waals surface area contributed by atoms with Crippen molar-refractivity contribution in [3.05, 3.63) is 62.9 Å². The normalized spacial score (nSPS) is 14.7. The average Bonchev–Trinajstić information content (AvgIpc) is 3.15. The number of carbonyl (C=O) groups excluding carboxylic acids is 2. The SMILES string of the molecule is CCOc1ccc(-c2csc(NC(=O)c3cc4c([nH]c3=O)CC(C)(C)CC4=O)n2)cc1. The minimum atomic E-state index is -0.589. The van der Waals surface area contributed by atoms with Crippen molar-refractivity contribution >= 4 is 28.2 Å². The number of benzene rings is 1. The van der Waals surface area contributed by atoms with Crippen LogP contribution < -0.4 is 15.6 Å². The molecule has 0 unspecified atom stereocenters. The molecule has 2 heterocycles. The number of hydrogen-bond acceptors (Lipinski definition) is 6. The summed E-state index contributed by atoms with van der Waals surface area (Å²) in [7, 11) is 0. The van der Waals surface area contributed by atoms with Crippen LogP contribution in [0.3, 0.4) is 0 Å². The van der Waals surface area contributed by atoms with Gasteiger partial charge in [0.05, 0.1) is 12.3 Å². The van der Waals surface area contributed by atoms with Gasteiger partial charge in [-0.05, 0) is 49.1 Å². The van der Waals surface area contributed by atoms with E-state index >= 15 is 0 Å². The minimum Gasteiger partial charge on any atom is -0.494 e. The summed E-state index contributed by atoms with van der Waals surface area (Å²) in [4.78, 5) is 44.9. The molecule has 0 radical (unpaired) electrons. The molecular weight excluding hydrogens is 414 g/mol. The van der Waals surface area contributed by atoms with Crippen molar-refractivity contribution in [2.75, 3.05) is 11.9 Å². The number of carbonyl (C=O) groups is 2. The van der Waals surface area contributed by atoms with Crippen LogP contribution in [0.5, 0.6) is 5.75 Å². The smallest absolute Gasteiger partial charge is 0.263 e. The maximum Gasteiger partial charge on any atom is 0.263 e. The molecule has 0 atom stereocenters. The molecule has 7 nitrogen and oxygen atoms in total. The molecule has 1 aliphatic rings. The second-order valence-electron chi connectivity index (χ2n) is 8.29. The molecule has 160 valence electrons. The first-order valence-corrected chi connectivity index (χ1v) is 10.9. The Kier molecular flexibility index (Phi) is 5.49. The third-order valence-corrected chi connectivity index (χ3v) is 5.91. The van der Waals surface area contributed by atoms with Crippen LogP contribution >= 0.6 is 11.3 Å². The maximum absolute atomic E-state index is 12.7. The summed E-state index contributed by atoms with van der Waals surface area (Å²) in [5.74, 6) is 0.123. The Morgan fingerprint density at radius 2 is 1.97 bits per heavy atom. The Labute approximate surface area is 183 Å². The molecule has 0 spiro atoms. The van der Waals surface area contributed by atoms with Crippen LogP contribution in [-0.4, -0.2) is 28.3 Å². The van der Waals surface area contributed by atoms with Gasteiger partial charge < -0.3 is 9.72 Å². The molecule has 4 rings (SSSR count). The summed E-state index contributed by atoms with van der Waals surface area (Å²) < 4.78 is 5.44. The third-order valence-electron chi connectivity index (χ3n) is 5.15. The molecule has 0 saturated carbocycles. The molecule has 31 heavy (non-hydrogen) atoms. The number of H-pyrrole nitrogens is 1. The molecule has 0 fully saturated rings. The number of ketones is 1. The molecule has 2 N–H and O–H groups in total. The third kappa shape index (κ3) is 4.44. The molecule has 0 aliphatic heterocycles. The van der Waals surface area contributed by atoms with Gasteiger partial charge in [0.15, 0.2) is 10.9 Å². The fourth-order valence-corrected chi connectivity index (χ4v) is 4.43. The second kappa shape index (κ2) is 8.11. The van der Waals surface area contributed by atoms with Crippen molar-refractivity contribution in [2.45, 2.75) is 33.6 Å². The number of fused-ring (bicyclic) bond motifs is 1. The van der Waals surface area contributed by atoms with Gasteiger partial charge in [-0.1, -0.05) is 13.8 Å². The van der Waals surface area contributed by atoms with Gasteiger partial charge in [-0.3, -0.25) is 19.7 Å². The summed E-state index contributed by atoms with van der Waals surface area (Å²) in [5, 5.41) is 4.87. The largest absolute Gasteiger partial charge is 0.494 e. The lowest BCUT2D eigenvalue weighted by Crippen LogP contribution is -2.32. The molecule has 0 bridgehead atoms. The Hall–Kier alpha value is -3.26. The molecule has 1 aromatic carbocycles. The quantitative estimate of drug-likeness (QED) is 0.620. The number of anilines is 1. The van der Waals surface area contributed by atoms with Gasteiger partial charge in [0, 0.05) is 28.6 Å². The monoisotopic (exact) mass is 437 g/mol. The van der Waals surface area contributed by atoms with E-state index in [0.29, 0.717) is 41.5 Å². The summed E-state index contributed by atoms with van der Waals surface area (Å²) in [5.41, 5.74) is 1.79. The van der Waals surface area contributed by atoms with Crippen molar-refractivity contribution in [1.29, 1.82) is 0 Å². The number of Topliss-reactive ketones (excluding diaryl/α,β-unsaturated/α-hetero) is 1. The number of nitrogens with zero attached hydrogens (tertiary/aromatic N) is 1. The molecular formula is C23H23N3O4S. The zero-order valence-electron chi connectivity index (χ0n) is 17.6. The zero-order valence-corrected chi connectivity index (χ0v) is 18.4. The summed E-state index contributed by atoms with van der Waals surface area (Å²) in [6, 6.07) is 8.92. The Morgan fingerprint density at radius 1 is 1.23 bits per heavy atom. The summed E-state index contributed by atoms with van der Waals surface area (Å²) in [6.45, 7) is 6.49. The van der Waals surface area contributed by atoms with Crippen LogP contribution in [0.15, 0.2) is 40.5 Å². The van der Waals surface area contributed by atoms with E-state index in [9.17, 15) is 14.4 Å². The number of pyridine rings is 1. The minimum absolute atomic E-state index is 0.0661. The average molecular weight is 438 g/mol. The first-order valence-electron chi connectivity index (χ1n) is 10.1. The van der Waals surface area contributed by atoms with Crippen LogP contribution in [0.1, 0.15) is 53.6 Å². The Bertz CT molecular complexity index is 1210. The number of nitrogens with one attached hydrogen (secondary N) is 2. The fraction of sp³-hybridized carbons (Fsp3) is 0.304. The second-order valence-corrected chi connectivity index (χ2v) is 9.15. The molecule has 3 aromatic rings. The number of aromatic amines is 1. The number of hydrogen-bond donors (Lipinski definition) is 2. The van der Waals surface area contributed by atoms with Gasteiger partial charge in [-0.2, -0.15) is 0 Å². The van der Waals surface area contributed by atoms with E-state index in [1.54, 1.807) is 0 Å². The highest BCUT2D eigenvalue weighted by Gasteiger charge is 2.32. The molecule has 1 amide bonds. The topological polar surface area (TPSA) is 101 Å². The number of rotatable bonds is 5. The van der Waals surface area contributed by atoms with Crippen LogP contribution in [0.25, 0.3) is 11.3 Å². The predicted octanol–water partition coefficient (Wildman–Crippen LogP) is 4.30. The van der Waals surface area contributed by atoms with Crippen molar-refractivity contribution < 1.29 is 14.3 Å². The number of amides is 1. The van der Waals surface area contributed by atoms with E-state index in [1.807, 2.05) is 50.4 Å². The Balaban J connectivity index is 1.54. The number of ether oxygens (including phenoxy) is 1. The van der Waals surface area contributed by atoms with Crippen LogP contribution in [0.4, 0.5) is 5.13 Å². The fourth-order valence-electron chi connectivity index (χ4n) is 3.71. The highest BCUT2D eigenvalue weighted by Crippen LogP contribution is 2.33. The lowest BCUT2D eigenvalue weighted by molar-refractivity contribution is 0.0910. The highest BCUT2D eigenvalue weighted by atomic mass is 32.1. The van der Waals surface area contributed by atoms with E-state index in [0.717, 1.165) is 11.3 Å². The molecule has 1 aliphatic carbocycles. The lowest BCUT2D eigenvalue weighted by atomic mass is 9.75. The molecule has 8 heteroatoms. The van der Waals surface area contributed by atoms with Crippen LogP contribution in [-0.2, 0) is 6.42 Å². The van der Waals surface area contributed by atoms with Gasteiger partial charge in [-0.15, -0.1) is 11.3 Å². The van der Waals surface area contributed by atoms with Crippen molar-refractivity contribution in [2.24, 2.45) is 5.41 Å². The lowest BCUT2D eigenvalue weighted by Gasteiger charge is -2.29. The number of aromatic nitrogens is 2. The van der Waals surface area contributed by atoms with Gasteiger partial charge in [0.1, 0.15) is 11.3 Å². The van der Waals surface area contributed by atoms with Crippen LogP contribution in [0, 0.1) is 5.41 Å². The van der Waals surface area contributed by atoms with Gasteiger partial charge in [0.25, 0.3) is 11.5 Å². The highest BCUT2D eigenvalue weighted by molar-refractivity contribution is 7.14. The van der Waals surface area contributed by atoms with Crippen LogP contribution in [0.2, 0.25) is 0 Å². The van der Waals surface area contributed by atoms with Crippen molar-refractivity contribution in [1.82, 2.24) is 9.97 Å². The molecule has 2 aromatic heterocycles. The standard InChI is InChI=1S/C23H23N3O4S/c1-4-30-14-7-5-13(6-8-14)18-12-31-22(25-18)26-21(29)16-9-15-17(24-20(16)28)10-23(2,3)11-19(15)27/h5-9,12H,4,10-11H2,1-3H3,(H,24,28)(H,25,26,29). The molecule has 0 saturated heterocycles. The predicted molar refractivity (Wildman–Crippen MR) is 120 cm³/mol. The maximum atomic E-state index is 12.7. The van der Waals surface area contributed by atoms with E-state index < -0.39 is 11.5 Å². The van der Waals surface area contributed by atoms with Crippen molar-refractivity contribution in [3.8, 4) is 17.0 Å². The van der Waals surface area contributed by atoms with E-state index in [2.05, 4.69) is 15.3 Å². The van der Waals surface area contributed by atoms with E-state index in [-0.39, 0.29) is 16.8 Å². The number of thiazole rings is 1. The van der Waals surface area contributed by atoms with E-state index in [1.165, 1.54) is 17.4 Å². The summed E-state index contributed by atoms with van der Waals surface area (Å²) in [6.07, 6.45) is 0.966.